The minimum Gasteiger partial charge on any atom is -0.496 e. The molecule has 27 heavy (non-hydrogen) atoms. The fraction of sp³-hybridized carbons (Fsp3) is 0.211. The Morgan fingerprint density at radius 2 is 1.78 bits per heavy atom. The third-order valence-corrected chi connectivity index (χ3v) is 3.82. The molecule has 0 heterocycles. The molecule has 0 aliphatic rings. The van der Waals surface area contributed by atoms with Gasteiger partial charge in [-0.25, -0.2) is 0 Å². The largest absolute Gasteiger partial charge is 0.496 e. The minimum absolute atomic E-state index is 0.113. The molecule has 0 aliphatic carbocycles. The van der Waals surface area contributed by atoms with E-state index in [9.17, 15) is 14.4 Å². The first-order valence-electron chi connectivity index (χ1n) is 8.08. The van der Waals surface area contributed by atoms with E-state index in [1.165, 1.54) is 14.0 Å². The van der Waals surface area contributed by atoms with Crippen molar-refractivity contribution < 1.29 is 23.9 Å². The van der Waals surface area contributed by atoms with Gasteiger partial charge in [-0.3, -0.25) is 25.2 Å². The van der Waals surface area contributed by atoms with Crippen LogP contribution in [0.1, 0.15) is 22.8 Å². The Morgan fingerprint density at radius 3 is 2.44 bits per heavy atom. The Morgan fingerprint density at radius 1 is 1.07 bits per heavy atom. The highest BCUT2D eigenvalue weighted by Crippen LogP contribution is 2.23. The molecule has 0 fully saturated rings. The fourth-order valence-corrected chi connectivity index (χ4v) is 2.41. The first kappa shape index (κ1) is 20.3. The number of halogens is 1. The van der Waals surface area contributed by atoms with Crippen LogP contribution in [0.25, 0.3) is 0 Å². The van der Waals surface area contributed by atoms with E-state index in [0.29, 0.717) is 21.9 Å². The molecule has 1 atom stereocenters. The van der Waals surface area contributed by atoms with Gasteiger partial charge in [-0.1, -0.05) is 29.8 Å². The summed E-state index contributed by atoms with van der Waals surface area (Å²) in [5.74, 6) is -1.28. The van der Waals surface area contributed by atoms with Crippen LogP contribution in [0.3, 0.4) is 0 Å². The molecule has 2 amide bonds. The van der Waals surface area contributed by atoms with Crippen LogP contribution in [-0.4, -0.2) is 31.0 Å². The summed E-state index contributed by atoms with van der Waals surface area (Å²) >= 11 is 5.92. The first-order valence-corrected chi connectivity index (χ1v) is 8.45. The summed E-state index contributed by atoms with van der Waals surface area (Å²) in [7, 11) is 1.48. The van der Waals surface area contributed by atoms with Gasteiger partial charge in [0.2, 0.25) is 0 Å². The number of nitrogens with one attached hydrogen (secondary N) is 2. The van der Waals surface area contributed by atoms with Gasteiger partial charge >= 0.3 is 5.97 Å². The maximum Gasteiger partial charge on any atom is 0.311 e. The summed E-state index contributed by atoms with van der Waals surface area (Å²) in [6, 6.07) is 13.2. The molecule has 142 valence electrons. The highest BCUT2D eigenvalue weighted by molar-refractivity contribution is 6.30. The highest BCUT2D eigenvalue weighted by Gasteiger charge is 2.20. The molecule has 0 spiro atoms. The van der Waals surface area contributed by atoms with Gasteiger partial charge in [0.1, 0.15) is 5.75 Å². The number of methoxy groups -OCH3 is 1. The highest BCUT2D eigenvalue weighted by atomic mass is 35.5. The van der Waals surface area contributed by atoms with Crippen molar-refractivity contribution in [1.29, 1.82) is 0 Å². The quantitative estimate of drug-likeness (QED) is 0.583. The zero-order valence-electron chi connectivity index (χ0n) is 14.8. The standard InChI is InChI=1S/C19H19ClN2O5/c1-12(18(24)21-22-19(25)13-6-4-3-5-7-13)27-17(23)11-14-10-15(20)8-9-16(14)26-2/h3-10,12H,11H2,1-2H3,(H,21,24)(H,22,25)/t12-/m0/s1. The fourth-order valence-electron chi connectivity index (χ4n) is 2.21. The van der Waals surface area contributed by atoms with Crippen LogP contribution in [0.2, 0.25) is 5.02 Å². The summed E-state index contributed by atoms with van der Waals surface area (Å²) in [6.45, 7) is 1.40. The van der Waals surface area contributed by atoms with Gasteiger partial charge in [0.15, 0.2) is 6.10 Å². The van der Waals surface area contributed by atoms with E-state index < -0.39 is 23.9 Å². The van der Waals surface area contributed by atoms with Crippen molar-refractivity contribution in [3.05, 3.63) is 64.7 Å². The molecule has 2 aromatic rings. The molecule has 0 radical (unpaired) electrons. The molecule has 0 aliphatic heterocycles. The molecule has 0 bridgehead atoms. The number of esters is 1. The monoisotopic (exact) mass is 390 g/mol. The lowest BCUT2D eigenvalue weighted by Gasteiger charge is -2.15. The van der Waals surface area contributed by atoms with Gasteiger partial charge < -0.3 is 9.47 Å². The third kappa shape index (κ3) is 6.00. The van der Waals surface area contributed by atoms with E-state index in [1.807, 2.05) is 0 Å². The average molecular weight is 391 g/mol. The van der Waals surface area contributed by atoms with Gasteiger partial charge in [-0.2, -0.15) is 0 Å². The predicted octanol–water partition coefficient (Wildman–Crippen LogP) is 2.28. The van der Waals surface area contributed by atoms with E-state index in [2.05, 4.69) is 10.9 Å². The van der Waals surface area contributed by atoms with Crippen molar-refractivity contribution in [2.45, 2.75) is 19.4 Å². The summed E-state index contributed by atoms with van der Waals surface area (Å²) in [6.07, 6.45) is -1.21. The second kappa shape index (κ2) is 9.59. The van der Waals surface area contributed by atoms with Crippen molar-refractivity contribution in [3.8, 4) is 5.75 Å². The van der Waals surface area contributed by atoms with Crippen molar-refractivity contribution in [2.75, 3.05) is 7.11 Å². The van der Waals surface area contributed by atoms with Crippen molar-refractivity contribution in [2.24, 2.45) is 0 Å². The molecule has 0 unspecified atom stereocenters. The Balaban J connectivity index is 1.86. The van der Waals surface area contributed by atoms with Crippen LogP contribution in [0.4, 0.5) is 0 Å². The molecule has 8 heteroatoms. The number of amides is 2. The second-order valence-corrected chi connectivity index (χ2v) is 6.01. The number of carbonyl (C=O) groups excluding carboxylic acids is 3. The first-order chi connectivity index (χ1) is 12.9. The van der Waals surface area contributed by atoms with Crippen molar-refractivity contribution >= 4 is 29.4 Å². The number of hydrogen-bond acceptors (Lipinski definition) is 5. The van der Waals surface area contributed by atoms with E-state index in [1.54, 1.807) is 48.5 Å². The second-order valence-electron chi connectivity index (χ2n) is 5.57. The zero-order valence-corrected chi connectivity index (χ0v) is 15.6. The van der Waals surface area contributed by atoms with Crippen LogP contribution in [0.5, 0.6) is 5.75 Å². The maximum absolute atomic E-state index is 12.1. The van der Waals surface area contributed by atoms with Gasteiger partial charge in [-0.05, 0) is 37.3 Å². The van der Waals surface area contributed by atoms with E-state index in [0.717, 1.165) is 0 Å². The Bertz CT molecular complexity index is 826. The molecule has 7 nitrogen and oxygen atoms in total. The lowest BCUT2D eigenvalue weighted by Crippen LogP contribution is -2.46. The van der Waals surface area contributed by atoms with Crippen LogP contribution in [0, 0.1) is 0 Å². The number of hydrazine groups is 1. The average Bonchev–Trinajstić information content (AvgIpc) is 2.66. The SMILES string of the molecule is COc1ccc(Cl)cc1CC(=O)O[C@@H](C)C(=O)NNC(=O)c1ccccc1. The lowest BCUT2D eigenvalue weighted by molar-refractivity contribution is -0.154. The van der Waals surface area contributed by atoms with Gasteiger partial charge in [0.25, 0.3) is 11.8 Å². The van der Waals surface area contributed by atoms with Crippen LogP contribution in [0.15, 0.2) is 48.5 Å². The molecule has 2 aromatic carbocycles. The molecule has 0 aromatic heterocycles. The molecule has 2 N–H and O–H groups in total. The normalized spacial score (nSPS) is 11.2. The van der Waals surface area contributed by atoms with Gasteiger partial charge in [0.05, 0.1) is 13.5 Å². The number of ether oxygens (including phenoxy) is 2. The summed E-state index contributed by atoms with van der Waals surface area (Å²) in [4.78, 5) is 36.0. The topological polar surface area (TPSA) is 93.7 Å². The van der Waals surface area contributed by atoms with E-state index in [-0.39, 0.29) is 6.42 Å². The van der Waals surface area contributed by atoms with Crippen LogP contribution >= 0.6 is 11.6 Å². The van der Waals surface area contributed by atoms with E-state index >= 15 is 0 Å². The number of hydrogen-bond donors (Lipinski definition) is 2. The third-order valence-electron chi connectivity index (χ3n) is 3.59. The maximum atomic E-state index is 12.1. The van der Waals surface area contributed by atoms with Gasteiger partial charge in [0, 0.05) is 16.1 Å². The van der Waals surface area contributed by atoms with Crippen LogP contribution < -0.4 is 15.6 Å². The molecule has 0 saturated heterocycles. The predicted molar refractivity (Wildman–Crippen MR) is 99.3 cm³/mol. The van der Waals surface area contributed by atoms with Crippen LogP contribution in [-0.2, 0) is 20.7 Å². The molecular formula is C19H19ClN2O5. The molecule has 0 saturated carbocycles. The van der Waals surface area contributed by atoms with Gasteiger partial charge in [-0.15, -0.1) is 0 Å². The Hall–Kier alpha value is -3.06. The minimum atomic E-state index is -1.10. The zero-order chi connectivity index (χ0) is 19.8. The van der Waals surface area contributed by atoms with Crippen molar-refractivity contribution in [1.82, 2.24) is 10.9 Å². The summed E-state index contributed by atoms with van der Waals surface area (Å²) in [5.41, 5.74) is 5.41. The molecular weight excluding hydrogens is 372 g/mol. The number of carbonyl (C=O) groups is 3. The summed E-state index contributed by atoms with van der Waals surface area (Å²) < 4.78 is 10.3. The Kier molecular flexibility index (Phi) is 7.19. The number of benzene rings is 2. The number of rotatable bonds is 6. The van der Waals surface area contributed by atoms with E-state index in [4.69, 9.17) is 21.1 Å². The molecule has 2 rings (SSSR count). The van der Waals surface area contributed by atoms with Crippen molar-refractivity contribution in [3.63, 3.8) is 0 Å². The Labute approximate surface area is 161 Å². The summed E-state index contributed by atoms with van der Waals surface area (Å²) in [5, 5.41) is 0.452. The lowest BCUT2D eigenvalue weighted by atomic mass is 10.1. The smallest absolute Gasteiger partial charge is 0.311 e.